The van der Waals surface area contributed by atoms with Gasteiger partial charge in [0.15, 0.2) is 6.23 Å². The molecule has 3 heterocycles. The van der Waals surface area contributed by atoms with Gasteiger partial charge in [0, 0.05) is 44.0 Å². The van der Waals surface area contributed by atoms with Gasteiger partial charge < -0.3 is 91.6 Å². The van der Waals surface area contributed by atoms with E-state index in [-0.39, 0.29) is 36.6 Å². The van der Waals surface area contributed by atoms with E-state index >= 15 is 0 Å². The average Bonchev–Trinajstić information content (AvgIpc) is 2.34. The number of ether oxygens (including phenoxy) is 2. The van der Waals surface area contributed by atoms with E-state index < -0.39 is 152 Å². The van der Waals surface area contributed by atoms with Crippen molar-refractivity contribution in [1.82, 2.24) is 41.3 Å². The number of unbranched alkanes of at least 4 members (excludes halogenated alkanes) is 2. The Bertz CT molecular complexity index is 2990. The fourth-order valence-electron chi connectivity index (χ4n) is 10.7. The molecular formula is C62H82N8O17. The molecular weight excluding hydrogens is 1130 g/mol. The van der Waals surface area contributed by atoms with Gasteiger partial charge in [-0.15, -0.1) is 0 Å². The predicted molar refractivity (Wildman–Crippen MR) is 316 cm³/mol. The third-order valence-corrected chi connectivity index (χ3v) is 15.9. The first-order valence-corrected chi connectivity index (χ1v) is 29.3. The number of fused-ring (bicyclic) bond motifs is 2. The molecule has 0 radical (unpaired) electrons. The minimum absolute atomic E-state index is 0.0451. The number of nitrogens with zero attached hydrogens (tertiary/aromatic N) is 3. The van der Waals surface area contributed by atoms with Crippen LogP contribution in [-0.2, 0) is 33.5 Å². The van der Waals surface area contributed by atoms with E-state index in [0.717, 1.165) is 70.9 Å². The van der Waals surface area contributed by atoms with Gasteiger partial charge in [0.05, 0.1) is 37.6 Å². The number of benzene rings is 4. The number of hydrogen-bond donors (Lipinski definition) is 13. The van der Waals surface area contributed by atoms with Crippen molar-refractivity contribution in [3.8, 4) is 33.8 Å². The van der Waals surface area contributed by atoms with Crippen LogP contribution in [0.5, 0.6) is 11.5 Å². The molecule has 87 heavy (non-hydrogen) atoms. The van der Waals surface area contributed by atoms with Crippen molar-refractivity contribution in [2.24, 2.45) is 5.92 Å². The Morgan fingerprint density at radius 2 is 1.20 bits per heavy atom. The molecule has 3 saturated heterocycles. The Balaban J connectivity index is 1.22. The summed E-state index contributed by atoms with van der Waals surface area (Å²) in [5.74, 6) is -8.26. The van der Waals surface area contributed by atoms with Crippen molar-refractivity contribution in [3.63, 3.8) is 0 Å². The van der Waals surface area contributed by atoms with Crippen LogP contribution in [-0.4, -0.2) is 223 Å². The Kier molecular flexibility index (Phi) is 23.4. The molecule has 3 aliphatic heterocycles. The minimum atomic E-state index is -2.29. The zero-order valence-corrected chi connectivity index (χ0v) is 49.6. The predicted octanol–water partition coefficient (Wildman–Crippen LogP) is -0.341. The molecule has 0 spiro atoms. The first kappa shape index (κ1) is 66.9. The first-order chi connectivity index (χ1) is 41.4. The third kappa shape index (κ3) is 16.9. The summed E-state index contributed by atoms with van der Waals surface area (Å²) >= 11 is 0. The molecule has 4 aromatic rings. The molecule has 0 saturated carbocycles. The lowest BCUT2D eigenvalue weighted by Gasteiger charge is -2.34. The molecule has 13 N–H and O–H groups in total. The molecule has 3 fully saturated rings. The van der Waals surface area contributed by atoms with Crippen LogP contribution in [0.25, 0.3) is 22.3 Å². The van der Waals surface area contributed by atoms with Gasteiger partial charge in [-0.05, 0) is 98.6 Å². The van der Waals surface area contributed by atoms with Crippen LogP contribution in [0.4, 0.5) is 0 Å². The van der Waals surface area contributed by atoms with Gasteiger partial charge in [-0.25, -0.2) is 0 Å². The number of rotatable bonds is 18. The number of likely N-dealkylation sites (N-methyl/N-ethyl adjacent to an activating group) is 1. The molecule has 7 amide bonds. The van der Waals surface area contributed by atoms with Gasteiger partial charge in [-0.1, -0.05) is 87.4 Å². The van der Waals surface area contributed by atoms with Crippen LogP contribution in [0.2, 0.25) is 0 Å². The highest BCUT2D eigenvalue weighted by atomic mass is 16.5. The van der Waals surface area contributed by atoms with Crippen LogP contribution in [0.3, 0.4) is 0 Å². The number of amides is 7. The second-order valence-corrected chi connectivity index (χ2v) is 22.9. The molecule has 3 aliphatic rings. The normalized spacial score (nSPS) is 26.7. The fraction of sp³-hybridized carbons (Fsp3) is 0.500. The number of aliphatic hydroxyl groups excluding tert-OH is 7. The van der Waals surface area contributed by atoms with Crippen molar-refractivity contribution in [1.29, 1.82) is 0 Å². The lowest BCUT2D eigenvalue weighted by atomic mass is 9.96. The van der Waals surface area contributed by atoms with Crippen molar-refractivity contribution in [2.45, 2.75) is 145 Å². The summed E-state index contributed by atoms with van der Waals surface area (Å²) in [4.78, 5) is 105. The quantitative estimate of drug-likeness (QED) is 0.0567. The number of carbonyl (C=O) groups is 7. The van der Waals surface area contributed by atoms with Crippen LogP contribution < -0.4 is 31.3 Å². The topological polar surface area (TPSA) is 370 Å². The van der Waals surface area contributed by atoms with Gasteiger partial charge in [-0.2, -0.15) is 0 Å². The summed E-state index contributed by atoms with van der Waals surface area (Å²) in [7, 11) is 3.43. The Hall–Kier alpha value is -7.59. The maximum atomic E-state index is 14.8. The second kappa shape index (κ2) is 30.4. The number of hydrogen-bond acceptors (Lipinski definition) is 18. The molecule has 25 nitrogen and oxygen atoms in total. The molecule has 0 aliphatic carbocycles. The molecule has 15 atom stereocenters. The Morgan fingerprint density at radius 1 is 0.655 bits per heavy atom. The molecule has 472 valence electrons. The molecule has 0 unspecified atom stereocenters. The molecule has 7 rings (SSSR count). The monoisotopic (exact) mass is 1210 g/mol. The summed E-state index contributed by atoms with van der Waals surface area (Å²) < 4.78 is 11.9. The number of carbonyl (C=O) groups excluding carboxylic acids is 7. The smallest absolute Gasteiger partial charge is 0.251 e. The van der Waals surface area contributed by atoms with Crippen LogP contribution in [0.15, 0.2) is 97.1 Å². The van der Waals surface area contributed by atoms with E-state index in [4.69, 9.17) is 9.47 Å². The number of nitrogens with one attached hydrogen (secondary N) is 5. The summed E-state index contributed by atoms with van der Waals surface area (Å²) in [6, 6.07) is 15.2. The van der Waals surface area contributed by atoms with Crippen molar-refractivity contribution >= 4 is 41.4 Å². The molecule has 0 aromatic heterocycles. The van der Waals surface area contributed by atoms with Gasteiger partial charge in [0.1, 0.15) is 66.1 Å². The van der Waals surface area contributed by atoms with E-state index in [1.165, 1.54) is 43.3 Å². The van der Waals surface area contributed by atoms with E-state index in [1.54, 1.807) is 31.1 Å². The Morgan fingerprint density at radius 3 is 1.76 bits per heavy atom. The highest BCUT2D eigenvalue weighted by Gasteiger charge is 2.50. The molecule has 4 aromatic carbocycles. The van der Waals surface area contributed by atoms with Gasteiger partial charge >= 0.3 is 0 Å². The molecule has 25 heteroatoms. The van der Waals surface area contributed by atoms with Gasteiger partial charge in [-0.3, -0.25) is 33.6 Å². The number of phenols is 1. The van der Waals surface area contributed by atoms with Crippen molar-refractivity contribution in [2.75, 3.05) is 46.9 Å². The number of aliphatic hydroxyl groups is 7. The van der Waals surface area contributed by atoms with Crippen LogP contribution >= 0.6 is 0 Å². The van der Waals surface area contributed by atoms with Crippen LogP contribution in [0, 0.1) is 5.92 Å². The lowest BCUT2D eigenvalue weighted by Crippen LogP contribution is -2.64. The number of aromatic hydroxyl groups is 1. The highest BCUT2D eigenvalue weighted by molar-refractivity contribution is 6.00. The zero-order valence-electron chi connectivity index (χ0n) is 49.6. The summed E-state index contributed by atoms with van der Waals surface area (Å²) in [5.41, 5.74) is 3.47. The molecule has 0 bridgehead atoms. The maximum Gasteiger partial charge on any atom is 0.251 e. The minimum Gasteiger partial charge on any atom is -0.508 e. The lowest BCUT2D eigenvalue weighted by molar-refractivity contribution is -0.149. The van der Waals surface area contributed by atoms with Crippen LogP contribution in [0.1, 0.15) is 81.8 Å². The summed E-state index contributed by atoms with van der Waals surface area (Å²) in [6.45, 7) is 5.69. The third-order valence-electron chi connectivity index (χ3n) is 15.9. The standard InChI is InChI=1S/C62H82N8O17/c1-7-8-9-27-86-44-24-20-39(21-25-44)37-12-10-36(11-13-37)38-14-16-41(17-15-38)55(79)63-45-30-47(75)60(87-28-26-68(5)6)67-59(83)51-52(76)33(2)31-70(51)62(85)49(35(4)72)65-58(82)50(54(78)53(77)40-18-22-42(73)23-19-40)66-57(81)46-29-43(74)32-69(46)61(84)48(34(3)71)64-56(45)80/h10-25,33-35,43,45-54,60,71-78H,7-9,26-32H2,1-6H3,(H,63,79)(H,64,80)(H,65,82)(H,66,81)(H,67,83)/t33-,34-,35-,43+,45+,46-,47+,48-,49-,50-,51-,52-,53-,54-,60+/m0/s1. The zero-order chi connectivity index (χ0) is 63.4. The maximum absolute atomic E-state index is 14.8. The van der Waals surface area contributed by atoms with Crippen molar-refractivity contribution < 1.29 is 83.9 Å². The van der Waals surface area contributed by atoms with Gasteiger partial charge in [0.25, 0.3) is 5.91 Å². The SMILES string of the molecule is CCCCCOc1ccc(-c2ccc(-c3ccc(C(=O)N[C@@H]4C[C@@H](O)[C@@H](OCCN(C)C)NC(=O)[C@@H]5[C@@H](O)[C@@H](C)CN5C(=O)[C@H]([C@H](C)O)NC(=O)[C@H]([C@H](O)[C@@H](O)c5ccc(O)cc5)NC(=O)[C@@H]5C[C@@H](O)CN5C(=O)[C@H]([C@H](C)O)NC4=O)cc3)cc2)cc1. The van der Waals surface area contributed by atoms with E-state index in [2.05, 4.69) is 33.5 Å². The summed E-state index contributed by atoms with van der Waals surface area (Å²) in [5, 5.41) is 102. The summed E-state index contributed by atoms with van der Waals surface area (Å²) in [6.07, 6.45) is -12.6. The average molecular weight is 1210 g/mol. The number of phenolic OH excluding ortho intramolecular Hbond substituents is 1. The Labute approximate surface area is 504 Å². The van der Waals surface area contributed by atoms with E-state index in [9.17, 15) is 74.4 Å². The second-order valence-electron chi connectivity index (χ2n) is 22.9. The largest absolute Gasteiger partial charge is 0.508 e. The van der Waals surface area contributed by atoms with E-state index in [1.807, 2.05) is 48.5 Å². The fourth-order valence-corrected chi connectivity index (χ4v) is 10.7. The van der Waals surface area contributed by atoms with Crippen molar-refractivity contribution in [3.05, 3.63) is 108 Å². The van der Waals surface area contributed by atoms with E-state index in [0.29, 0.717) is 6.61 Å². The highest BCUT2D eigenvalue weighted by Crippen LogP contribution is 2.30. The first-order valence-electron chi connectivity index (χ1n) is 29.3. The van der Waals surface area contributed by atoms with Gasteiger partial charge in [0.2, 0.25) is 35.4 Å².